The summed E-state index contributed by atoms with van der Waals surface area (Å²) in [6.07, 6.45) is 1.82. The van der Waals surface area contributed by atoms with Crippen molar-refractivity contribution in [3.05, 3.63) is 83.8 Å². The van der Waals surface area contributed by atoms with Crippen LogP contribution in [0.1, 0.15) is 69.1 Å². The normalized spacial score (nSPS) is 18.4. The maximum atomic E-state index is 14.5. The number of carboxylic acids is 1. The Bertz CT molecular complexity index is 1350. The van der Waals surface area contributed by atoms with Crippen LogP contribution in [0, 0.1) is 11.8 Å². The van der Waals surface area contributed by atoms with Crippen molar-refractivity contribution in [3.8, 4) is 0 Å². The number of fused-ring (bicyclic) bond motifs is 1. The number of aromatic nitrogens is 2. The fourth-order valence-corrected chi connectivity index (χ4v) is 7.10. The molecule has 0 bridgehead atoms. The van der Waals surface area contributed by atoms with Gasteiger partial charge >= 0.3 is 6.03 Å². The zero-order valence-electron chi connectivity index (χ0n) is 25.9. The van der Waals surface area contributed by atoms with Crippen molar-refractivity contribution in [1.82, 2.24) is 24.3 Å². The van der Waals surface area contributed by atoms with Gasteiger partial charge in [-0.1, -0.05) is 102 Å². The van der Waals surface area contributed by atoms with E-state index in [0.717, 1.165) is 0 Å². The highest BCUT2D eigenvalue weighted by atomic mass is 35.5. The number of carboxylic acid groups (broad SMARTS) is 1. The lowest BCUT2D eigenvalue weighted by molar-refractivity contribution is -0.314. The number of hydrogen-bond acceptors (Lipinski definition) is 6. The van der Waals surface area contributed by atoms with Gasteiger partial charge in [0.2, 0.25) is 11.5 Å². The third kappa shape index (κ3) is 5.61. The third-order valence-corrected chi connectivity index (χ3v) is 8.93. The van der Waals surface area contributed by atoms with Crippen molar-refractivity contribution >= 4 is 36.1 Å². The summed E-state index contributed by atoms with van der Waals surface area (Å²) in [5.41, 5.74) is 0.00902. The van der Waals surface area contributed by atoms with E-state index in [4.69, 9.17) is 0 Å². The molecular weight excluding hydrogens is 566 g/mol. The Morgan fingerprint density at radius 3 is 1.98 bits per heavy atom. The highest BCUT2D eigenvalue weighted by Gasteiger charge is 2.59. The SMILES string of the molecule is CCC(CC(N(CC)CC)[N+]1(CC(C)C)C(=O)N(C)C(=O)c2nc[nH]c21)C(C(=O)[O-])(c1ccccc1)c1ccccc1.Cl. The highest BCUT2D eigenvalue weighted by molar-refractivity contribution is 6.13. The molecule has 3 aromatic rings. The van der Waals surface area contributed by atoms with Crippen LogP contribution in [0.15, 0.2) is 67.0 Å². The minimum Gasteiger partial charge on any atom is -0.549 e. The number of quaternary nitrogens is 1. The van der Waals surface area contributed by atoms with E-state index in [1.807, 2.05) is 81.4 Å². The fraction of sp³-hybridized carbons (Fsp3) is 0.455. The van der Waals surface area contributed by atoms with Gasteiger partial charge in [-0.05, 0) is 17.0 Å². The molecule has 1 aromatic heterocycles. The van der Waals surface area contributed by atoms with Crippen molar-refractivity contribution in [1.29, 1.82) is 0 Å². The zero-order chi connectivity index (χ0) is 30.7. The number of nitrogens with zero attached hydrogens (tertiary/aromatic N) is 4. The van der Waals surface area contributed by atoms with Crippen LogP contribution in [0.2, 0.25) is 0 Å². The molecule has 1 N–H and O–H groups in total. The minimum absolute atomic E-state index is 0. The monoisotopic (exact) mass is 609 g/mol. The summed E-state index contributed by atoms with van der Waals surface area (Å²) >= 11 is 0. The number of benzene rings is 2. The molecule has 232 valence electrons. The number of aromatic amines is 1. The van der Waals surface area contributed by atoms with Gasteiger partial charge in [0.05, 0.1) is 24.3 Å². The molecule has 3 atom stereocenters. The summed E-state index contributed by atoms with van der Waals surface area (Å²) in [4.78, 5) is 52.2. The molecule has 3 amide bonds. The number of halogens is 1. The van der Waals surface area contributed by atoms with Gasteiger partial charge in [0.1, 0.15) is 0 Å². The summed E-state index contributed by atoms with van der Waals surface area (Å²) in [5, 5.41) is 13.6. The maximum Gasteiger partial charge on any atom is 0.433 e. The van der Waals surface area contributed by atoms with Crippen LogP contribution in [0.25, 0.3) is 0 Å². The molecule has 0 aliphatic carbocycles. The molecule has 0 fully saturated rings. The predicted molar refractivity (Wildman–Crippen MR) is 169 cm³/mol. The van der Waals surface area contributed by atoms with E-state index in [2.05, 4.69) is 28.7 Å². The molecule has 43 heavy (non-hydrogen) atoms. The average molecular weight is 610 g/mol. The van der Waals surface area contributed by atoms with Crippen molar-refractivity contribution in [2.75, 3.05) is 26.7 Å². The van der Waals surface area contributed by atoms with Gasteiger partial charge in [-0.15, -0.1) is 12.4 Å². The standard InChI is InChI=1S/C33H43N5O4.ClH/c1-7-24(33(31(40)41,25-16-12-10-13-17-25)26-18-14-11-15-19-26)20-27(37(8-2)9-3)38(21-23(4)5)29-28(34-22-35-29)30(39)36(6)32(38)42;/h10-19,22-24,27H,7-9,20-21H2,1-6H3,(H-,34,35,39,40,41);1H. The predicted octanol–water partition coefficient (Wildman–Crippen LogP) is 4.82. The summed E-state index contributed by atoms with van der Waals surface area (Å²) in [7, 11) is 1.51. The van der Waals surface area contributed by atoms with Gasteiger partial charge in [-0.2, -0.15) is 4.48 Å². The van der Waals surface area contributed by atoms with Crippen LogP contribution in [-0.4, -0.2) is 70.5 Å². The first-order chi connectivity index (χ1) is 20.1. The Labute approximate surface area is 260 Å². The van der Waals surface area contributed by atoms with Crippen LogP contribution in [0.5, 0.6) is 0 Å². The summed E-state index contributed by atoms with van der Waals surface area (Å²) in [5.74, 6) is -1.57. The van der Waals surface area contributed by atoms with Crippen LogP contribution in [0.3, 0.4) is 0 Å². The van der Waals surface area contributed by atoms with Gasteiger partial charge < -0.3 is 9.90 Å². The van der Waals surface area contributed by atoms with Crippen LogP contribution in [0.4, 0.5) is 10.6 Å². The summed E-state index contributed by atoms with van der Waals surface area (Å²) in [6.45, 7) is 11.8. The molecule has 0 saturated carbocycles. The van der Waals surface area contributed by atoms with Gasteiger partial charge in [0.15, 0.2) is 6.17 Å². The molecule has 0 radical (unpaired) electrons. The Morgan fingerprint density at radius 1 is 1.00 bits per heavy atom. The number of aliphatic carboxylic acids is 1. The number of carbonyl (C=O) groups excluding carboxylic acids is 3. The Hall–Kier alpha value is -3.53. The molecule has 2 heterocycles. The first-order valence-electron chi connectivity index (χ1n) is 14.9. The topological polar surface area (TPSA) is 109 Å². The molecule has 1 aliphatic heterocycles. The highest BCUT2D eigenvalue weighted by Crippen LogP contribution is 2.46. The van der Waals surface area contributed by atoms with Crippen LogP contribution >= 0.6 is 12.4 Å². The van der Waals surface area contributed by atoms with E-state index >= 15 is 0 Å². The smallest absolute Gasteiger partial charge is 0.433 e. The zero-order valence-corrected chi connectivity index (χ0v) is 26.8. The second-order valence-corrected chi connectivity index (χ2v) is 11.6. The number of hydrogen-bond donors (Lipinski definition) is 1. The number of nitrogens with one attached hydrogen (secondary N) is 1. The van der Waals surface area contributed by atoms with E-state index in [1.165, 1.54) is 18.3 Å². The van der Waals surface area contributed by atoms with Gasteiger partial charge in [-0.25, -0.2) is 14.7 Å². The second-order valence-electron chi connectivity index (χ2n) is 11.6. The number of imidazole rings is 1. The minimum atomic E-state index is -1.48. The van der Waals surface area contributed by atoms with Crippen molar-refractivity contribution in [2.24, 2.45) is 11.8 Å². The molecular formula is C33H44ClN5O4. The molecule has 0 saturated heterocycles. The number of amides is 3. The number of H-pyrrole nitrogens is 1. The number of imide groups is 1. The lowest BCUT2D eigenvalue weighted by atomic mass is 9.63. The van der Waals surface area contributed by atoms with E-state index in [0.29, 0.717) is 49.4 Å². The molecule has 4 rings (SSSR count). The van der Waals surface area contributed by atoms with Crippen molar-refractivity contribution in [3.63, 3.8) is 0 Å². The lowest BCUT2D eigenvalue weighted by Gasteiger charge is -2.51. The van der Waals surface area contributed by atoms with E-state index in [-0.39, 0.29) is 34.5 Å². The first kappa shape index (κ1) is 34.0. The third-order valence-electron chi connectivity index (χ3n) is 8.93. The Balaban J connectivity index is 0.00000506. The molecule has 9 nitrogen and oxygen atoms in total. The first-order valence-corrected chi connectivity index (χ1v) is 14.9. The maximum absolute atomic E-state index is 14.5. The Morgan fingerprint density at radius 2 is 1.53 bits per heavy atom. The summed E-state index contributed by atoms with van der Waals surface area (Å²) < 4.78 is -0.180. The van der Waals surface area contributed by atoms with Crippen molar-refractivity contribution in [2.45, 2.75) is 59.0 Å². The average Bonchev–Trinajstić information content (AvgIpc) is 3.49. The molecule has 2 aromatic carbocycles. The molecule has 3 unspecified atom stereocenters. The number of carbonyl (C=O) groups is 3. The van der Waals surface area contributed by atoms with Crippen molar-refractivity contribution < 1.29 is 19.5 Å². The van der Waals surface area contributed by atoms with Crippen LogP contribution < -0.4 is 9.59 Å². The Kier molecular flexibility index (Phi) is 10.9. The van der Waals surface area contributed by atoms with Gasteiger partial charge in [0.25, 0.3) is 5.91 Å². The molecule has 0 spiro atoms. The largest absolute Gasteiger partial charge is 0.549 e. The number of rotatable bonds is 13. The second kappa shape index (κ2) is 13.8. The van der Waals surface area contributed by atoms with E-state index < -0.39 is 29.4 Å². The van der Waals surface area contributed by atoms with Crippen LogP contribution in [-0.2, 0) is 10.2 Å². The lowest BCUT2D eigenvalue weighted by Crippen LogP contribution is -2.73. The fourth-order valence-electron chi connectivity index (χ4n) is 7.10. The summed E-state index contributed by atoms with van der Waals surface area (Å²) in [6, 6.07) is 18.2. The molecule has 1 aliphatic rings. The van der Waals surface area contributed by atoms with E-state index in [9.17, 15) is 19.5 Å². The van der Waals surface area contributed by atoms with Gasteiger partial charge in [-0.3, -0.25) is 14.7 Å². The molecule has 10 heteroatoms. The van der Waals surface area contributed by atoms with Gasteiger partial charge in [0, 0.05) is 32.5 Å². The quantitative estimate of drug-likeness (QED) is 0.278. The van der Waals surface area contributed by atoms with E-state index in [1.54, 1.807) is 0 Å². The number of urea groups is 1.